The van der Waals surface area contributed by atoms with Crippen LogP contribution in [0.2, 0.25) is 0 Å². The monoisotopic (exact) mass is 555 g/mol. The van der Waals surface area contributed by atoms with Gasteiger partial charge in [-0.15, -0.1) is 0 Å². The number of nitrogens with one attached hydrogen (secondary N) is 1. The maximum absolute atomic E-state index is 14.9. The summed E-state index contributed by atoms with van der Waals surface area (Å²) in [6.45, 7) is 10.6. The highest BCUT2D eigenvalue weighted by molar-refractivity contribution is 5.82. The topological polar surface area (TPSA) is 47.0 Å². The minimum Gasteiger partial charge on any atom is -0.378 e. The lowest BCUT2D eigenvalue weighted by Gasteiger charge is -2.21. The first-order valence-electron chi connectivity index (χ1n) is 14.2. The summed E-state index contributed by atoms with van der Waals surface area (Å²) in [6, 6.07) is 10.3. The molecule has 2 unspecified atom stereocenters. The molecule has 3 aromatic rings. The fourth-order valence-corrected chi connectivity index (χ4v) is 5.12. The Hall–Kier alpha value is -3.82. The average molecular weight is 556 g/mol. The number of ether oxygens (including phenoxy) is 1. The molecular weight excluding hydrogens is 516 g/mol. The summed E-state index contributed by atoms with van der Waals surface area (Å²) in [6.07, 6.45) is 7.90. The Morgan fingerprint density at radius 1 is 1.17 bits per heavy atom. The van der Waals surface area contributed by atoms with Crippen LogP contribution in [-0.2, 0) is 4.74 Å². The quantitative estimate of drug-likeness (QED) is 0.296. The van der Waals surface area contributed by atoms with E-state index in [-0.39, 0.29) is 18.2 Å². The molecule has 2 heterocycles. The van der Waals surface area contributed by atoms with Gasteiger partial charge in [0.1, 0.15) is 17.8 Å². The minimum absolute atomic E-state index is 0.236. The minimum atomic E-state index is -1.06. The van der Waals surface area contributed by atoms with Crippen molar-refractivity contribution in [3.63, 3.8) is 0 Å². The highest BCUT2D eigenvalue weighted by Gasteiger charge is 2.26. The number of anilines is 2. The van der Waals surface area contributed by atoms with Crippen molar-refractivity contribution in [2.75, 3.05) is 12.4 Å². The Morgan fingerprint density at radius 3 is 2.68 bits per heavy atom. The molecule has 0 spiro atoms. The van der Waals surface area contributed by atoms with Crippen molar-refractivity contribution in [1.82, 2.24) is 9.97 Å². The zero-order valence-electron chi connectivity index (χ0n) is 24.8. The molecule has 41 heavy (non-hydrogen) atoms. The van der Waals surface area contributed by atoms with E-state index in [0.29, 0.717) is 23.7 Å². The number of rotatable bonds is 7. The summed E-state index contributed by atoms with van der Waals surface area (Å²) in [5.41, 5.74) is 7.08. The summed E-state index contributed by atoms with van der Waals surface area (Å²) < 4.78 is 33.9. The Balaban J connectivity index is 1.66. The van der Waals surface area contributed by atoms with Crippen molar-refractivity contribution < 1.29 is 13.5 Å². The number of alkyl halides is 1. The molecule has 2 aromatic heterocycles. The maximum Gasteiger partial charge on any atom is 0.130 e. The standard InChI is InChI=1S/C35H39F2N3O/c1-7-26(15-14-25-10-8-12-28(36)18-25)30-21-39-34(20-29(30)23(4)22(2)3)40-32-16-17-38-35(24(32)5)27-11-9-13-33(41-6)31(37)19-27/h7-8,10-12,16-18,20-23,31,33H,9,13,19H2,1-6H3,(H,38,39,40)/b26-7-/t23?,31-,33?/m1/s1. The number of benzene rings is 1. The third kappa shape index (κ3) is 7.28. The Labute approximate surface area is 243 Å². The summed E-state index contributed by atoms with van der Waals surface area (Å²) >= 11 is 0. The highest BCUT2D eigenvalue weighted by atomic mass is 19.1. The fourth-order valence-electron chi connectivity index (χ4n) is 5.12. The van der Waals surface area contributed by atoms with E-state index in [1.807, 2.05) is 32.2 Å². The van der Waals surface area contributed by atoms with Crippen molar-refractivity contribution >= 4 is 22.7 Å². The normalized spacial score (nSPS) is 18.3. The predicted octanol–water partition coefficient (Wildman–Crippen LogP) is 8.80. The molecule has 0 bridgehead atoms. The molecule has 1 aliphatic rings. The fraction of sp³-hybridized carbons (Fsp3) is 0.371. The van der Waals surface area contributed by atoms with Crippen LogP contribution < -0.4 is 5.32 Å². The van der Waals surface area contributed by atoms with Crippen LogP contribution in [0.1, 0.15) is 80.8 Å². The molecule has 214 valence electrons. The Bertz CT molecular complexity index is 1500. The molecule has 0 radical (unpaired) electrons. The van der Waals surface area contributed by atoms with E-state index >= 15 is 0 Å². The molecule has 6 heteroatoms. The Morgan fingerprint density at radius 2 is 1.98 bits per heavy atom. The third-order valence-corrected chi connectivity index (χ3v) is 7.91. The first-order chi connectivity index (χ1) is 19.7. The van der Waals surface area contributed by atoms with Crippen molar-refractivity contribution in [3.05, 3.63) is 94.7 Å². The molecule has 0 amide bonds. The summed E-state index contributed by atoms with van der Waals surface area (Å²) in [7, 11) is 1.57. The van der Waals surface area contributed by atoms with Gasteiger partial charge in [0.05, 0.1) is 11.8 Å². The molecule has 3 atom stereocenters. The van der Waals surface area contributed by atoms with Gasteiger partial charge in [0.25, 0.3) is 0 Å². The van der Waals surface area contributed by atoms with E-state index in [1.54, 1.807) is 25.4 Å². The third-order valence-electron chi connectivity index (χ3n) is 7.91. The van der Waals surface area contributed by atoms with Crippen molar-refractivity contribution in [1.29, 1.82) is 0 Å². The Kier molecular flexibility index (Phi) is 10.1. The maximum atomic E-state index is 14.9. The van der Waals surface area contributed by atoms with Gasteiger partial charge < -0.3 is 10.1 Å². The van der Waals surface area contributed by atoms with Gasteiger partial charge in [0.2, 0.25) is 0 Å². The molecule has 1 N–H and O–H groups in total. The van der Waals surface area contributed by atoms with Gasteiger partial charge in [-0.05, 0) is 85.6 Å². The van der Waals surface area contributed by atoms with Gasteiger partial charge in [-0.25, -0.2) is 13.8 Å². The van der Waals surface area contributed by atoms with Crippen LogP contribution in [0.5, 0.6) is 0 Å². The zero-order valence-corrected chi connectivity index (χ0v) is 24.8. The highest BCUT2D eigenvalue weighted by Crippen LogP contribution is 2.35. The van der Waals surface area contributed by atoms with E-state index in [9.17, 15) is 8.78 Å². The molecule has 0 aliphatic heterocycles. The van der Waals surface area contributed by atoms with Crippen LogP contribution in [0.3, 0.4) is 0 Å². The van der Waals surface area contributed by atoms with Gasteiger partial charge in [-0.3, -0.25) is 4.98 Å². The largest absolute Gasteiger partial charge is 0.378 e. The molecule has 1 aromatic carbocycles. The predicted molar refractivity (Wildman–Crippen MR) is 164 cm³/mol. The lowest BCUT2D eigenvalue weighted by molar-refractivity contribution is 0.0311. The van der Waals surface area contributed by atoms with Crippen molar-refractivity contribution in [3.8, 4) is 11.8 Å². The second-order valence-electron chi connectivity index (χ2n) is 10.9. The van der Waals surface area contributed by atoms with Gasteiger partial charge in [0.15, 0.2) is 0 Å². The number of halogens is 2. The lowest BCUT2D eigenvalue weighted by atomic mass is 9.86. The smallest absolute Gasteiger partial charge is 0.130 e. The number of nitrogens with zero attached hydrogens (tertiary/aromatic N) is 2. The van der Waals surface area contributed by atoms with Crippen LogP contribution in [0.4, 0.5) is 20.3 Å². The number of hydrogen-bond acceptors (Lipinski definition) is 4. The van der Waals surface area contributed by atoms with Gasteiger partial charge in [-0.2, -0.15) is 0 Å². The van der Waals surface area contributed by atoms with Gasteiger partial charge >= 0.3 is 0 Å². The van der Waals surface area contributed by atoms with Crippen LogP contribution in [0.15, 0.2) is 60.9 Å². The van der Waals surface area contributed by atoms with Gasteiger partial charge in [0, 0.05) is 48.3 Å². The number of pyridine rings is 2. The van der Waals surface area contributed by atoms with E-state index in [1.165, 1.54) is 12.1 Å². The SMILES string of the molecule is C/C=C(/C#Cc1cccc(F)c1)c1cnc(Nc2ccnc(C3=CCCC(OC)[C@H](F)C3)c2C)cc1C(C)C(C)C. The molecular formula is C35H39F2N3O. The summed E-state index contributed by atoms with van der Waals surface area (Å²) in [5.74, 6) is 7.35. The first-order valence-corrected chi connectivity index (χ1v) is 14.2. The average Bonchev–Trinajstić information content (AvgIpc) is 3.15. The molecule has 4 nitrogen and oxygen atoms in total. The number of methoxy groups -OCH3 is 1. The summed E-state index contributed by atoms with van der Waals surface area (Å²) in [5, 5.41) is 3.49. The number of hydrogen-bond donors (Lipinski definition) is 1. The summed E-state index contributed by atoms with van der Waals surface area (Å²) in [4.78, 5) is 9.37. The molecule has 0 saturated carbocycles. The van der Waals surface area contributed by atoms with Crippen LogP contribution in [0, 0.1) is 30.5 Å². The van der Waals surface area contributed by atoms with Crippen LogP contribution >= 0.6 is 0 Å². The first kappa shape index (κ1) is 30.1. The molecule has 0 saturated heterocycles. The van der Waals surface area contributed by atoms with Crippen molar-refractivity contribution in [2.45, 2.75) is 72.1 Å². The second-order valence-corrected chi connectivity index (χ2v) is 10.9. The molecule has 4 rings (SSSR count). The molecule has 1 aliphatic carbocycles. The zero-order chi connectivity index (χ0) is 29.5. The van der Waals surface area contributed by atoms with Crippen molar-refractivity contribution in [2.24, 2.45) is 5.92 Å². The molecule has 0 fully saturated rings. The van der Waals surface area contributed by atoms with E-state index in [0.717, 1.165) is 45.6 Å². The van der Waals surface area contributed by atoms with E-state index < -0.39 is 12.3 Å². The second kappa shape index (κ2) is 13.7. The lowest BCUT2D eigenvalue weighted by Crippen LogP contribution is -2.23. The van der Waals surface area contributed by atoms with Crippen LogP contribution in [0.25, 0.3) is 11.1 Å². The van der Waals surface area contributed by atoms with Crippen LogP contribution in [-0.4, -0.2) is 29.4 Å². The van der Waals surface area contributed by atoms with Gasteiger partial charge in [-0.1, -0.05) is 50.8 Å². The number of aromatic nitrogens is 2. The van der Waals surface area contributed by atoms with E-state index in [2.05, 4.69) is 55.1 Å². The number of allylic oxidation sites excluding steroid dienone is 4. The van der Waals surface area contributed by atoms with E-state index in [4.69, 9.17) is 9.72 Å².